The summed E-state index contributed by atoms with van der Waals surface area (Å²) in [6, 6.07) is 3.38. The van der Waals surface area contributed by atoms with Crippen molar-refractivity contribution in [2.45, 2.75) is 38.8 Å². The normalized spacial score (nSPS) is 12.9. The number of carbonyl (C=O) groups is 1. The van der Waals surface area contributed by atoms with E-state index in [1.807, 2.05) is 6.92 Å². The van der Waals surface area contributed by atoms with Gasteiger partial charge in [0.1, 0.15) is 12.0 Å². The summed E-state index contributed by atoms with van der Waals surface area (Å²) in [6.45, 7) is 4.88. The minimum absolute atomic E-state index is 0.0522. The molecule has 106 valence electrons. The maximum Gasteiger partial charge on any atom is 0.164 e. The summed E-state index contributed by atoms with van der Waals surface area (Å²) in [6.07, 6.45) is 1.21. The van der Waals surface area contributed by atoms with E-state index < -0.39 is 5.67 Å². The van der Waals surface area contributed by atoms with Gasteiger partial charge in [0.25, 0.3) is 0 Å². The Morgan fingerprint density at radius 1 is 1.32 bits per heavy atom. The van der Waals surface area contributed by atoms with Gasteiger partial charge < -0.3 is 14.3 Å². The van der Waals surface area contributed by atoms with Crippen LogP contribution in [0, 0.1) is 0 Å². The second kappa shape index (κ2) is 6.04. The molecule has 4 heteroatoms. The molecule has 0 bridgehead atoms. The van der Waals surface area contributed by atoms with Crippen LogP contribution in [0.4, 0.5) is 4.39 Å². The van der Waals surface area contributed by atoms with E-state index in [1.165, 1.54) is 28.1 Å². The zero-order valence-corrected chi connectivity index (χ0v) is 12.1. The number of carbonyl (C=O) groups excluding carboxylic acids is 1. The third-order valence-electron chi connectivity index (χ3n) is 3.17. The monoisotopic (exact) mass is 268 g/mol. The van der Waals surface area contributed by atoms with Gasteiger partial charge >= 0.3 is 0 Å². The van der Waals surface area contributed by atoms with Crippen molar-refractivity contribution in [2.24, 2.45) is 0 Å². The van der Waals surface area contributed by atoms with Crippen LogP contribution in [0.5, 0.6) is 11.5 Å². The molecule has 0 radical (unpaired) electrons. The standard InChI is InChI=1S/C15H21FO3/c1-10(6-7-17)12-8-11(15(2,3)16)9-13(18-4)14(12)19-5/h7-10H,6H2,1-5H3. The molecule has 0 spiro atoms. The molecule has 0 N–H and O–H groups in total. The summed E-state index contributed by atoms with van der Waals surface area (Å²) >= 11 is 0. The Bertz CT molecular complexity index is 449. The fourth-order valence-corrected chi connectivity index (χ4v) is 1.97. The molecule has 0 fully saturated rings. The van der Waals surface area contributed by atoms with Gasteiger partial charge in [-0.25, -0.2) is 4.39 Å². The van der Waals surface area contributed by atoms with Gasteiger partial charge in [-0.3, -0.25) is 0 Å². The first-order valence-corrected chi connectivity index (χ1v) is 6.24. The molecule has 0 aliphatic carbocycles. The summed E-state index contributed by atoms with van der Waals surface area (Å²) in [4.78, 5) is 10.7. The van der Waals surface area contributed by atoms with Crippen molar-refractivity contribution in [3.05, 3.63) is 23.3 Å². The molecular formula is C15H21FO3. The second-order valence-electron chi connectivity index (χ2n) is 5.08. The first kappa shape index (κ1) is 15.5. The maximum absolute atomic E-state index is 14.1. The minimum Gasteiger partial charge on any atom is -0.493 e. The smallest absolute Gasteiger partial charge is 0.164 e. The zero-order valence-electron chi connectivity index (χ0n) is 12.1. The molecule has 0 aromatic heterocycles. The molecule has 1 rings (SSSR count). The lowest BCUT2D eigenvalue weighted by Crippen LogP contribution is -2.11. The van der Waals surface area contributed by atoms with Gasteiger partial charge in [0.15, 0.2) is 11.5 Å². The van der Waals surface area contributed by atoms with Crippen LogP contribution in [0.15, 0.2) is 12.1 Å². The van der Waals surface area contributed by atoms with Crippen molar-refractivity contribution in [3.63, 3.8) is 0 Å². The van der Waals surface area contributed by atoms with Crippen LogP contribution in [-0.4, -0.2) is 20.5 Å². The van der Waals surface area contributed by atoms with Crippen molar-refractivity contribution >= 4 is 6.29 Å². The Labute approximate surface area is 113 Å². The van der Waals surface area contributed by atoms with Gasteiger partial charge in [-0.05, 0) is 37.5 Å². The molecule has 3 nitrogen and oxygen atoms in total. The Hall–Kier alpha value is -1.58. The molecule has 1 aromatic carbocycles. The van der Waals surface area contributed by atoms with Gasteiger partial charge in [-0.1, -0.05) is 6.92 Å². The quantitative estimate of drug-likeness (QED) is 0.739. The van der Waals surface area contributed by atoms with E-state index in [2.05, 4.69) is 0 Å². The van der Waals surface area contributed by atoms with Crippen molar-refractivity contribution < 1.29 is 18.7 Å². The first-order valence-electron chi connectivity index (χ1n) is 6.24. The lowest BCUT2D eigenvalue weighted by molar-refractivity contribution is -0.108. The van der Waals surface area contributed by atoms with E-state index in [1.54, 1.807) is 12.1 Å². The van der Waals surface area contributed by atoms with Crippen LogP contribution in [0.1, 0.15) is 44.2 Å². The maximum atomic E-state index is 14.1. The van der Waals surface area contributed by atoms with Crippen LogP contribution in [-0.2, 0) is 10.5 Å². The van der Waals surface area contributed by atoms with E-state index in [4.69, 9.17) is 9.47 Å². The summed E-state index contributed by atoms with van der Waals surface area (Å²) in [7, 11) is 3.05. The van der Waals surface area contributed by atoms with E-state index in [0.717, 1.165) is 11.8 Å². The number of hydrogen-bond donors (Lipinski definition) is 0. The zero-order chi connectivity index (χ0) is 14.6. The van der Waals surface area contributed by atoms with E-state index >= 15 is 0 Å². The van der Waals surface area contributed by atoms with Gasteiger partial charge in [0.2, 0.25) is 0 Å². The number of halogens is 1. The minimum atomic E-state index is -1.48. The highest BCUT2D eigenvalue weighted by atomic mass is 19.1. The number of alkyl halides is 1. The number of methoxy groups -OCH3 is 2. The Morgan fingerprint density at radius 2 is 1.95 bits per heavy atom. The van der Waals surface area contributed by atoms with Crippen LogP contribution < -0.4 is 9.47 Å². The number of hydrogen-bond acceptors (Lipinski definition) is 3. The highest BCUT2D eigenvalue weighted by molar-refractivity contribution is 5.56. The summed E-state index contributed by atoms with van der Waals surface area (Å²) in [5.74, 6) is 0.993. The Kier molecular flexibility index (Phi) is 4.92. The van der Waals surface area contributed by atoms with Crippen LogP contribution in [0.2, 0.25) is 0 Å². The molecule has 0 aliphatic rings. The Morgan fingerprint density at radius 3 is 2.37 bits per heavy atom. The van der Waals surface area contributed by atoms with Crippen molar-refractivity contribution in [1.29, 1.82) is 0 Å². The fraction of sp³-hybridized carbons (Fsp3) is 0.533. The van der Waals surface area contributed by atoms with Crippen LogP contribution >= 0.6 is 0 Å². The average Bonchev–Trinajstić information content (AvgIpc) is 2.36. The topological polar surface area (TPSA) is 35.5 Å². The fourth-order valence-electron chi connectivity index (χ4n) is 1.97. The number of rotatable bonds is 6. The van der Waals surface area contributed by atoms with Crippen LogP contribution in [0.3, 0.4) is 0 Å². The first-order chi connectivity index (χ1) is 8.85. The Balaban J connectivity index is 3.43. The molecule has 1 aromatic rings. The highest BCUT2D eigenvalue weighted by Crippen LogP contribution is 2.41. The highest BCUT2D eigenvalue weighted by Gasteiger charge is 2.25. The van der Waals surface area contributed by atoms with E-state index in [0.29, 0.717) is 23.5 Å². The molecule has 1 unspecified atom stereocenters. The van der Waals surface area contributed by atoms with Crippen molar-refractivity contribution in [1.82, 2.24) is 0 Å². The third kappa shape index (κ3) is 3.46. The third-order valence-corrected chi connectivity index (χ3v) is 3.17. The van der Waals surface area contributed by atoms with Crippen molar-refractivity contribution in [2.75, 3.05) is 14.2 Å². The molecule has 0 heterocycles. The van der Waals surface area contributed by atoms with Gasteiger partial charge in [0.05, 0.1) is 14.2 Å². The number of aldehydes is 1. The molecule has 19 heavy (non-hydrogen) atoms. The number of benzene rings is 1. The van der Waals surface area contributed by atoms with Gasteiger partial charge in [-0.2, -0.15) is 0 Å². The SMILES string of the molecule is COc1cc(C(C)(C)F)cc(C(C)CC=O)c1OC. The summed E-state index contributed by atoms with van der Waals surface area (Å²) in [5.41, 5.74) is -0.178. The van der Waals surface area contributed by atoms with E-state index in [9.17, 15) is 9.18 Å². The van der Waals surface area contributed by atoms with Gasteiger partial charge in [-0.15, -0.1) is 0 Å². The molecule has 1 atom stereocenters. The lowest BCUT2D eigenvalue weighted by Gasteiger charge is -2.22. The molecule has 0 saturated carbocycles. The molecule has 0 saturated heterocycles. The van der Waals surface area contributed by atoms with Crippen molar-refractivity contribution in [3.8, 4) is 11.5 Å². The van der Waals surface area contributed by atoms with E-state index in [-0.39, 0.29) is 5.92 Å². The second-order valence-corrected chi connectivity index (χ2v) is 5.08. The average molecular weight is 268 g/mol. The van der Waals surface area contributed by atoms with Crippen LogP contribution in [0.25, 0.3) is 0 Å². The molecular weight excluding hydrogens is 247 g/mol. The predicted octanol–water partition coefficient (Wildman–Crippen LogP) is 3.60. The predicted molar refractivity (Wildman–Crippen MR) is 72.8 cm³/mol. The largest absolute Gasteiger partial charge is 0.493 e. The van der Waals surface area contributed by atoms with Gasteiger partial charge in [0, 0.05) is 12.0 Å². The lowest BCUT2D eigenvalue weighted by atomic mass is 9.90. The molecule has 0 amide bonds. The summed E-state index contributed by atoms with van der Waals surface area (Å²) in [5, 5.41) is 0. The molecule has 0 aliphatic heterocycles. The summed E-state index contributed by atoms with van der Waals surface area (Å²) < 4.78 is 24.7. The number of ether oxygens (including phenoxy) is 2.